The van der Waals surface area contributed by atoms with E-state index in [0.29, 0.717) is 11.9 Å². The smallest absolute Gasteiger partial charge is 0.234 e. The minimum absolute atomic E-state index is 0.0276. The van der Waals surface area contributed by atoms with E-state index in [9.17, 15) is 4.79 Å². The van der Waals surface area contributed by atoms with E-state index in [-0.39, 0.29) is 17.4 Å². The average molecular weight is 195 g/mol. The third-order valence-electron chi connectivity index (χ3n) is 3.20. The van der Waals surface area contributed by atoms with E-state index in [1.54, 1.807) is 7.05 Å². The predicted molar refractivity (Wildman–Crippen MR) is 54.7 cm³/mol. The molecule has 2 aliphatic rings. The van der Waals surface area contributed by atoms with E-state index in [2.05, 4.69) is 4.99 Å². The molecule has 0 saturated heterocycles. The number of nitrogens with two attached hydrogens (primary N) is 1. The van der Waals surface area contributed by atoms with Gasteiger partial charge in [0.1, 0.15) is 0 Å². The van der Waals surface area contributed by atoms with Gasteiger partial charge in [0.25, 0.3) is 0 Å². The van der Waals surface area contributed by atoms with Crippen molar-refractivity contribution >= 4 is 11.9 Å². The van der Waals surface area contributed by atoms with Crippen LogP contribution in [0.2, 0.25) is 0 Å². The molecule has 0 aromatic rings. The van der Waals surface area contributed by atoms with Crippen LogP contribution < -0.4 is 5.73 Å². The van der Waals surface area contributed by atoms with Crippen LogP contribution in [0.3, 0.4) is 0 Å². The van der Waals surface area contributed by atoms with Gasteiger partial charge in [0, 0.05) is 7.05 Å². The van der Waals surface area contributed by atoms with Gasteiger partial charge in [0.05, 0.1) is 11.5 Å². The van der Waals surface area contributed by atoms with Crippen LogP contribution in [-0.4, -0.2) is 29.4 Å². The second kappa shape index (κ2) is 2.72. The number of carbonyl (C=O) groups is 1. The van der Waals surface area contributed by atoms with Crippen molar-refractivity contribution in [2.24, 2.45) is 22.6 Å². The van der Waals surface area contributed by atoms with Gasteiger partial charge in [0.2, 0.25) is 5.91 Å². The highest BCUT2D eigenvalue weighted by atomic mass is 16.2. The zero-order valence-electron chi connectivity index (χ0n) is 8.95. The molecule has 0 bridgehead atoms. The first-order valence-corrected chi connectivity index (χ1v) is 5.06. The lowest BCUT2D eigenvalue weighted by molar-refractivity contribution is -0.134. The Morgan fingerprint density at radius 3 is 2.57 bits per heavy atom. The van der Waals surface area contributed by atoms with Gasteiger partial charge in [-0.1, -0.05) is 0 Å². The highest BCUT2D eigenvalue weighted by Crippen LogP contribution is 2.45. The first-order valence-electron chi connectivity index (χ1n) is 5.06. The van der Waals surface area contributed by atoms with Crippen LogP contribution in [0.25, 0.3) is 0 Å². The number of rotatable bonds is 1. The quantitative estimate of drug-likeness (QED) is 0.665. The number of guanidine groups is 1. The van der Waals surface area contributed by atoms with Gasteiger partial charge < -0.3 is 5.73 Å². The Morgan fingerprint density at radius 2 is 2.07 bits per heavy atom. The van der Waals surface area contributed by atoms with Crippen molar-refractivity contribution in [1.29, 1.82) is 0 Å². The van der Waals surface area contributed by atoms with Crippen LogP contribution in [0.4, 0.5) is 0 Å². The SMILES string of the molecule is CN1C(=O)[C@@H](C2CC2)C(C)(C)N=C1N. The van der Waals surface area contributed by atoms with E-state index in [1.807, 2.05) is 13.8 Å². The summed E-state index contributed by atoms with van der Waals surface area (Å²) < 4.78 is 0. The lowest BCUT2D eigenvalue weighted by Gasteiger charge is -2.38. The molecule has 78 valence electrons. The summed E-state index contributed by atoms with van der Waals surface area (Å²) in [5.74, 6) is 1.03. The number of amides is 1. The number of carbonyl (C=O) groups excluding carboxylic acids is 1. The lowest BCUT2D eigenvalue weighted by atomic mass is 9.82. The van der Waals surface area contributed by atoms with Gasteiger partial charge in [0.15, 0.2) is 5.96 Å². The van der Waals surface area contributed by atoms with Gasteiger partial charge in [-0.3, -0.25) is 9.69 Å². The van der Waals surface area contributed by atoms with Crippen molar-refractivity contribution in [3.63, 3.8) is 0 Å². The van der Waals surface area contributed by atoms with Crippen LogP contribution in [0.15, 0.2) is 4.99 Å². The van der Waals surface area contributed by atoms with E-state index in [1.165, 1.54) is 4.90 Å². The Kier molecular flexibility index (Phi) is 1.84. The minimum Gasteiger partial charge on any atom is -0.369 e. The summed E-state index contributed by atoms with van der Waals surface area (Å²) in [5.41, 5.74) is 5.36. The van der Waals surface area contributed by atoms with Gasteiger partial charge in [-0.05, 0) is 32.6 Å². The minimum atomic E-state index is -0.325. The Balaban J connectivity index is 2.36. The molecule has 1 saturated carbocycles. The van der Waals surface area contributed by atoms with Crippen molar-refractivity contribution in [3.8, 4) is 0 Å². The summed E-state index contributed by atoms with van der Waals surface area (Å²) in [6.07, 6.45) is 2.31. The summed E-state index contributed by atoms with van der Waals surface area (Å²) in [6.45, 7) is 3.99. The molecule has 4 nitrogen and oxygen atoms in total. The molecule has 0 radical (unpaired) electrons. The highest BCUT2D eigenvalue weighted by molar-refractivity contribution is 6.00. The maximum Gasteiger partial charge on any atom is 0.234 e. The Labute approximate surface area is 84.2 Å². The Morgan fingerprint density at radius 1 is 1.50 bits per heavy atom. The van der Waals surface area contributed by atoms with Crippen LogP contribution in [0.5, 0.6) is 0 Å². The van der Waals surface area contributed by atoms with E-state index in [0.717, 1.165) is 12.8 Å². The molecule has 0 aromatic heterocycles. The molecule has 0 spiro atoms. The fraction of sp³-hybridized carbons (Fsp3) is 0.800. The standard InChI is InChI=1S/C10H17N3O/c1-10(2)7(6-4-5-6)8(14)13(3)9(11)12-10/h6-7H,4-5H2,1-3H3,(H2,11,12)/t7-/m1/s1. The van der Waals surface area contributed by atoms with Crippen molar-refractivity contribution in [2.45, 2.75) is 32.2 Å². The molecule has 1 fully saturated rings. The first kappa shape index (κ1) is 9.49. The van der Waals surface area contributed by atoms with Crippen molar-refractivity contribution in [2.75, 3.05) is 7.05 Å². The maximum absolute atomic E-state index is 12.0. The van der Waals surface area contributed by atoms with E-state index >= 15 is 0 Å². The maximum atomic E-state index is 12.0. The van der Waals surface area contributed by atoms with Crippen molar-refractivity contribution in [1.82, 2.24) is 4.90 Å². The fourth-order valence-electron chi connectivity index (χ4n) is 2.27. The van der Waals surface area contributed by atoms with Gasteiger partial charge in [-0.15, -0.1) is 0 Å². The Hall–Kier alpha value is -1.06. The van der Waals surface area contributed by atoms with Crippen LogP contribution in [0, 0.1) is 11.8 Å². The molecule has 1 heterocycles. The molecule has 0 unspecified atom stereocenters. The fourth-order valence-corrected chi connectivity index (χ4v) is 2.27. The summed E-state index contributed by atoms with van der Waals surface area (Å²) >= 11 is 0. The largest absolute Gasteiger partial charge is 0.369 e. The number of aliphatic imine (C=N–C) groups is 1. The summed E-state index contributed by atoms with van der Waals surface area (Å²) in [6, 6.07) is 0. The second-order valence-electron chi connectivity index (χ2n) is 4.84. The van der Waals surface area contributed by atoms with Crippen LogP contribution in [0.1, 0.15) is 26.7 Å². The summed E-state index contributed by atoms with van der Waals surface area (Å²) in [5, 5.41) is 0. The first-order chi connectivity index (χ1) is 6.43. The monoisotopic (exact) mass is 195 g/mol. The molecule has 4 heteroatoms. The zero-order chi connectivity index (χ0) is 10.5. The molecule has 1 aliphatic heterocycles. The molecule has 1 amide bonds. The summed E-state index contributed by atoms with van der Waals surface area (Å²) in [7, 11) is 1.70. The van der Waals surface area contributed by atoms with Gasteiger partial charge in [-0.2, -0.15) is 0 Å². The topological polar surface area (TPSA) is 58.7 Å². The predicted octanol–water partition coefficient (Wildman–Crippen LogP) is 0.578. The third kappa shape index (κ3) is 1.29. The highest BCUT2D eigenvalue weighted by Gasteiger charge is 2.49. The molecular weight excluding hydrogens is 178 g/mol. The lowest BCUT2D eigenvalue weighted by Crippen LogP contribution is -2.54. The van der Waals surface area contributed by atoms with Gasteiger partial charge in [-0.25, -0.2) is 4.99 Å². The molecular formula is C10H17N3O. The molecule has 1 atom stereocenters. The normalized spacial score (nSPS) is 31.6. The van der Waals surface area contributed by atoms with Crippen LogP contribution >= 0.6 is 0 Å². The molecule has 1 aliphatic carbocycles. The zero-order valence-corrected chi connectivity index (χ0v) is 8.95. The summed E-state index contributed by atoms with van der Waals surface area (Å²) in [4.78, 5) is 17.9. The number of hydrogen-bond acceptors (Lipinski definition) is 3. The Bertz CT molecular complexity index is 304. The van der Waals surface area contributed by atoms with Crippen molar-refractivity contribution in [3.05, 3.63) is 0 Å². The van der Waals surface area contributed by atoms with Crippen molar-refractivity contribution < 1.29 is 4.79 Å². The number of hydrogen-bond donors (Lipinski definition) is 1. The number of nitrogens with zero attached hydrogens (tertiary/aromatic N) is 2. The van der Waals surface area contributed by atoms with E-state index < -0.39 is 0 Å². The average Bonchev–Trinajstić information content (AvgIpc) is 2.83. The molecule has 2 N–H and O–H groups in total. The van der Waals surface area contributed by atoms with Crippen LogP contribution in [-0.2, 0) is 4.79 Å². The van der Waals surface area contributed by atoms with E-state index in [4.69, 9.17) is 5.73 Å². The molecule has 2 rings (SSSR count). The third-order valence-corrected chi connectivity index (χ3v) is 3.20. The van der Waals surface area contributed by atoms with Gasteiger partial charge >= 0.3 is 0 Å². The second-order valence-corrected chi connectivity index (χ2v) is 4.84. The molecule has 0 aromatic carbocycles. The molecule has 14 heavy (non-hydrogen) atoms.